The van der Waals surface area contributed by atoms with Crippen LogP contribution in [-0.2, 0) is 12.8 Å². The van der Waals surface area contributed by atoms with Crippen LogP contribution in [0.1, 0.15) is 50.3 Å². The lowest BCUT2D eigenvalue weighted by Gasteiger charge is -2.33. The summed E-state index contributed by atoms with van der Waals surface area (Å²) in [5, 5.41) is 9.57. The highest BCUT2D eigenvalue weighted by Gasteiger charge is 2.36. The van der Waals surface area contributed by atoms with Gasteiger partial charge in [-0.2, -0.15) is 5.26 Å². The molecule has 1 aliphatic carbocycles. The van der Waals surface area contributed by atoms with Crippen molar-refractivity contribution in [2.75, 3.05) is 0 Å². The largest absolute Gasteiger partial charge is 0.309 e. The minimum Gasteiger partial charge on any atom is -0.309 e. The summed E-state index contributed by atoms with van der Waals surface area (Å²) in [6.45, 7) is 10.2. The summed E-state index contributed by atoms with van der Waals surface area (Å²) >= 11 is 0. The fraction of sp³-hybridized carbons (Fsp3) is 0.421. The maximum Gasteiger partial charge on any atom is 0.134 e. The fourth-order valence-electron chi connectivity index (χ4n) is 3.35. The Hall–Kier alpha value is -1.85. The summed E-state index contributed by atoms with van der Waals surface area (Å²) < 4.78 is 0. The number of unbranched alkanes of at least 4 members (excludes halogenated alkanes) is 1. The molecule has 0 fully saturated rings. The van der Waals surface area contributed by atoms with Crippen LogP contribution in [0.5, 0.6) is 0 Å². The Morgan fingerprint density at radius 3 is 2.76 bits per heavy atom. The molecule has 110 valence electrons. The highest BCUT2D eigenvalue weighted by Crippen LogP contribution is 2.39. The molecule has 0 spiro atoms. The first-order chi connectivity index (χ1) is 9.92. The van der Waals surface area contributed by atoms with Crippen LogP contribution < -0.4 is 5.73 Å². The molecule has 1 aliphatic rings. The summed E-state index contributed by atoms with van der Waals surface area (Å²) in [5.74, 6) is 0. The molecular formula is C19H24N2. The second-order valence-electron chi connectivity index (χ2n) is 6.14. The topological polar surface area (TPSA) is 49.8 Å². The van der Waals surface area contributed by atoms with Gasteiger partial charge >= 0.3 is 0 Å². The first-order valence-electron chi connectivity index (χ1n) is 7.62. The molecule has 2 heteroatoms. The molecule has 21 heavy (non-hydrogen) atoms. The van der Waals surface area contributed by atoms with Gasteiger partial charge in [-0.3, -0.25) is 0 Å². The molecular weight excluding hydrogens is 256 g/mol. The normalized spacial score (nSPS) is 20.9. The van der Waals surface area contributed by atoms with Gasteiger partial charge in [0.2, 0.25) is 0 Å². The van der Waals surface area contributed by atoms with Gasteiger partial charge < -0.3 is 5.73 Å². The SMILES string of the molecule is C=C(C)C1=C(C)c2ccc(CCCC)cc2CC1(N)C#N. The Bertz CT molecular complexity index is 646. The molecule has 2 nitrogen and oxygen atoms in total. The van der Waals surface area contributed by atoms with E-state index in [1.165, 1.54) is 29.5 Å². The molecule has 1 aromatic carbocycles. The molecule has 0 saturated heterocycles. The number of rotatable bonds is 4. The summed E-state index contributed by atoms with van der Waals surface area (Å²) in [6.07, 6.45) is 4.04. The Morgan fingerprint density at radius 1 is 1.48 bits per heavy atom. The third-order valence-electron chi connectivity index (χ3n) is 4.31. The first kappa shape index (κ1) is 15.5. The molecule has 2 rings (SSSR count). The highest BCUT2D eigenvalue weighted by atomic mass is 14.8. The third kappa shape index (κ3) is 2.80. The smallest absolute Gasteiger partial charge is 0.134 e. The van der Waals surface area contributed by atoms with Crippen molar-refractivity contribution in [3.63, 3.8) is 0 Å². The average Bonchev–Trinajstić information content (AvgIpc) is 2.44. The molecule has 1 aromatic rings. The fourth-order valence-corrected chi connectivity index (χ4v) is 3.35. The van der Waals surface area contributed by atoms with Crippen LogP contribution in [0.3, 0.4) is 0 Å². The summed E-state index contributed by atoms with van der Waals surface area (Å²) in [6, 6.07) is 8.90. The van der Waals surface area contributed by atoms with E-state index in [1.54, 1.807) is 0 Å². The Morgan fingerprint density at radius 2 is 2.19 bits per heavy atom. The predicted molar refractivity (Wildman–Crippen MR) is 88.7 cm³/mol. The third-order valence-corrected chi connectivity index (χ3v) is 4.31. The zero-order chi connectivity index (χ0) is 15.6. The number of nitrogens with zero attached hydrogens (tertiary/aromatic N) is 1. The van der Waals surface area contributed by atoms with Crippen LogP contribution in [0.4, 0.5) is 0 Å². The van der Waals surface area contributed by atoms with Gasteiger partial charge in [0.1, 0.15) is 5.54 Å². The van der Waals surface area contributed by atoms with E-state index in [2.05, 4.69) is 37.8 Å². The van der Waals surface area contributed by atoms with E-state index < -0.39 is 5.54 Å². The van der Waals surface area contributed by atoms with E-state index in [9.17, 15) is 5.26 Å². The van der Waals surface area contributed by atoms with Crippen molar-refractivity contribution in [2.24, 2.45) is 5.73 Å². The van der Waals surface area contributed by atoms with Crippen molar-refractivity contribution in [3.05, 3.63) is 52.6 Å². The maximum atomic E-state index is 9.57. The quantitative estimate of drug-likeness (QED) is 0.900. The monoisotopic (exact) mass is 280 g/mol. The maximum absolute atomic E-state index is 9.57. The predicted octanol–water partition coefficient (Wildman–Crippen LogP) is 4.16. The van der Waals surface area contributed by atoms with E-state index in [-0.39, 0.29) is 0 Å². The lowest BCUT2D eigenvalue weighted by Crippen LogP contribution is -2.45. The van der Waals surface area contributed by atoms with Gasteiger partial charge in [0, 0.05) is 6.42 Å². The molecule has 0 radical (unpaired) electrons. The molecule has 0 bridgehead atoms. The van der Waals surface area contributed by atoms with Crippen LogP contribution in [0, 0.1) is 11.3 Å². The molecule has 0 saturated carbocycles. The van der Waals surface area contributed by atoms with Gasteiger partial charge in [-0.05, 0) is 54.5 Å². The van der Waals surface area contributed by atoms with E-state index in [4.69, 9.17) is 5.73 Å². The number of benzene rings is 1. The first-order valence-corrected chi connectivity index (χ1v) is 7.62. The standard InChI is InChI=1S/C19H24N2/c1-5-6-7-15-8-9-17-14(4)18(13(2)3)19(21,12-20)11-16(17)10-15/h8-10H,2,5-7,11,21H2,1,3-4H3. The van der Waals surface area contributed by atoms with Gasteiger partial charge in [0.25, 0.3) is 0 Å². The minimum atomic E-state index is -0.952. The molecule has 0 aliphatic heterocycles. The van der Waals surface area contributed by atoms with Crippen molar-refractivity contribution < 1.29 is 0 Å². The zero-order valence-corrected chi connectivity index (χ0v) is 13.3. The van der Waals surface area contributed by atoms with Crippen molar-refractivity contribution >= 4 is 5.57 Å². The van der Waals surface area contributed by atoms with Gasteiger partial charge in [-0.25, -0.2) is 0 Å². The average molecular weight is 280 g/mol. The number of hydrogen-bond acceptors (Lipinski definition) is 2. The van der Waals surface area contributed by atoms with E-state index in [0.29, 0.717) is 6.42 Å². The lowest BCUT2D eigenvalue weighted by atomic mass is 9.72. The summed E-state index contributed by atoms with van der Waals surface area (Å²) in [7, 11) is 0. The Kier molecular flexibility index (Phi) is 4.34. The van der Waals surface area contributed by atoms with Gasteiger partial charge in [-0.1, -0.05) is 43.7 Å². The number of hydrogen-bond donors (Lipinski definition) is 1. The Balaban J connectivity index is 2.54. The molecule has 0 heterocycles. The van der Waals surface area contributed by atoms with Gasteiger partial charge in [0.15, 0.2) is 0 Å². The van der Waals surface area contributed by atoms with Crippen molar-refractivity contribution in [1.82, 2.24) is 0 Å². The van der Waals surface area contributed by atoms with E-state index in [0.717, 1.165) is 23.1 Å². The van der Waals surface area contributed by atoms with E-state index in [1.807, 2.05) is 13.8 Å². The summed E-state index contributed by atoms with van der Waals surface area (Å²) in [5.41, 5.74) is 12.0. The van der Waals surface area contributed by atoms with Crippen LogP contribution in [0.2, 0.25) is 0 Å². The highest BCUT2D eigenvalue weighted by molar-refractivity contribution is 5.79. The zero-order valence-electron chi connectivity index (χ0n) is 13.3. The number of allylic oxidation sites excluding steroid dienone is 1. The number of fused-ring (bicyclic) bond motifs is 1. The second-order valence-corrected chi connectivity index (χ2v) is 6.14. The van der Waals surface area contributed by atoms with E-state index >= 15 is 0 Å². The molecule has 0 aromatic heterocycles. The van der Waals surface area contributed by atoms with Crippen LogP contribution in [0.15, 0.2) is 35.9 Å². The van der Waals surface area contributed by atoms with Crippen molar-refractivity contribution in [1.29, 1.82) is 5.26 Å². The number of nitrogens with two attached hydrogens (primary N) is 1. The molecule has 1 unspecified atom stereocenters. The second kappa shape index (κ2) is 5.87. The number of nitriles is 1. The minimum absolute atomic E-state index is 0.568. The van der Waals surface area contributed by atoms with Crippen molar-refractivity contribution in [2.45, 2.75) is 52.0 Å². The number of aryl methyl sites for hydroxylation is 1. The summed E-state index contributed by atoms with van der Waals surface area (Å²) in [4.78, 5) is 0. The van der Waals surface area contributed by atoms with Gasteiger partial charge in [-0.15, -0.1) is 0 Å². The van der Waals surface area contributed by atoms with Crippen LogP contribution >= 0.6 is 0 Å². The molecule has 1 atom stereocenters. The van der Waals surface area contributed by atoms with Crippen LogP contribution in [-0.4, -0.2) is 5.54 Å². The van der Waals surface area contributed by atoms with Crippen LogP contribution in [0.25, 0.3) is 5.57 Å². The molecule has 0 amide bonds. The van der Waals surface area contributed by atoms with Gasteiger partial charge in [0.05, 0.1) is 6.07 Å². The Labute approximate surface area is 128 Å². The lowest BCUT2D eigenvalue weighted by molar-refractivity contribution is 0.622. The van der Waals surface area contributed by atoms with Crippen molar-refractivity contribution in [3.8, 4) is 6.07 Å². The molecule has 2 N–H and O–H groups in total.